The lowest BCUT2D eigenvalue weighted by molar-refractivity contribution is -0.141. The number of rotatable bonds is 7. The molecule has 1 atom stereocenters. The molecule has 7 nitrogen and oxygen atoms in total. The lowest BCUT2D eigenvalue weighted by Crippen LogP contribution is -2.29. The summed E-state index contributed by atoms with van der Waals surface area (Å²) in [4.78, 5) is 20.7. The van der Waals surface area contributed by atoms with Crippen molar-refractivity contribution in [2.75, 3.05) is 5.32 Å². The Labute approximate surface area is 201 Å². The van der Waals surface area contributed by atoms with Crippen molar-refractivity contribution in [2.24, 2.45) is 0 Å². The molecule has 36 heavy (non-hydrogen) atoms. The highest BCUT2D eigenvalue weighted by Gasteiger charge is 2.34. The molecule has 12 heteroatoms. The van der Waals surface area contributed by atoms with Gasteiger partial charge in [-0.3, -0.25) is 14.7 Å². The predicted molar refractivity (Wildman–Crippen MR) is 120 cm³/mol. The topological polar surface area (TPSA) is 89.3 Å². The van der Waals surface area contributed by atoms with Gasteiger partial charge in [-0.15, -0.1) is 0 Å². The van der Waals surface area contributed by atoms with E-state index in [1.165, 1.54) is 31.2 Å². The molecule has 0 saturated heterocycles. The number of nitrogens with one attached hydrogen (secondary N) is 1. The Balaban J connectivity index is 1.73. The smallest absolute Gasteiger partial charge is 0.433 e. The van der Waals surface area contributed by atoms with Crippen molar-refractivity contribution in [3.05, 3.63) is 78.0 Å². The van der Waals surface area contributed by atoms with Crippen molar-refractivity contribution in [1.82, 2.24) is 14.5 Å². The Hall–Kier alpha value is -4.06. The number of hydrogen-bond acceptors (Lipinski definition) is 5. The van der Waals surface area contributed by atoms with Crippen LogP contribution < -0.4 is 10.1 Å². The first-order valence-corrected chi connectivity index (χ1v) is 10.5. The van der Waals surface area contributed by atoms with Gasteiger partial charge >= 0.3 is 12.8 Å². The number of amides is 1. The number of benzene rings is 2. The first kappa shape index (κ1) is 25.0. The van der Waals surface area contributed by atoms with Crippen molar-refractivity contribution >= 4 is 23.0 Å². The molecule has 4 rings (SSSR count). The van der Waals surface area contributed by atoms with E-state index in [1.807, 2.05) is 0 Å². The first-order chi connectivity index (χ1) is 16.9. The molecule has 0 saturated carbocycles. The Morgan fingerprint density at radius 1 is 1.03 bits per heavy atom. The summed E-state index contributed by atoms with van der Waals surface area (Å²) in [6, 6.07) is 15.3. The maximum absolute atomic E-state index is 13.3. The van der Waals surface area contributed by atoms with E-state index in [0.717, 1.165) is 16.7 Å². The standard InChI is InChI=1S/C24H19F5N4O3/c1-23(35,14-5-3-2-4-6-14)13-19(34)32-22-30-17-11-12-18(24(27,28)29)31-20(17)33(22)15-7-9-16(10-8-15)36-21(25)26/h2-12,21,35H,13H2,1H3,(H,30,32,34). The van der Waals surface area contributed by atoms with Crippen molar-refractivity contribution in [3.63, 3.8) is 0 Å². The fraction of sp³-hybridized carbons (Fsp3) is 0.208. The molecular formula is C24H19F5N4O3. The van der Waals surface area contributed by atoms with E-state index in [2.05, 4.69) is 20.0 Å². The second-order valence-corrected chi connectivity index (χ2v) is 8.05. The molecule has 0 fully saturated rings. The Bertz CT molecular complexity index is 1370. The third-order valence-corrected chi connectivity index (χ3v) is 5.27. The van der Waals surface area contributed by atoms with Gasteiger partial charge in [0.15, 0.2) is 5.65 Å². The van der Waals surface area contributed by atoms with E-state index in [0.29, 0.717) is 5.56 Å². The SMILES string of the molecule is CC(O)(CC(=O)Nc1nc2ccc(C(F)(F)F)nc2n1-c1ccc(OC(F)F)cc1)c1ccccc1. The van der Waals surface area contributed by atoms with Gasteiger partial charge in [0.25, 0.3) is 0 Å². The molecule has 0 aliphatic heterocycles. The largest absolute Gasteiger partial charge is 0.435 e. The van der Waals surface area contributed by atoms with Crippen LogP contribution in [0.5, 0.6) is 5.75 Å². The molecule has 0 spiro atoms. The Morgan fingerprint density at radius 2 is 1.69 bits per heavy atom. The number of ether oxygens (including phenoxy) is 1. The number of aromatic nitrogens is 3. The number of aliphatic hydroxyl groups is 1. The summed E-state index contributed by atoms with van der Waals surface area (Å²) in [5, 5.41) is 13.3. The zero-order chi connectivity index (χ0) is 26.1. The van der Waals surface area contributed by atoms with Crippen LogP contribution in [0.1, 0.15) is 24.6 Å². The van der Waals surface area contributed by atoms with Gasteiger partial charge in [-0.25, -0.2) is 9.97 Å². The van der Waals surface area contributed by atoms with Crippen molar-refractivity contribution < 1.29 is 36.6 Å². The van der Waals surface area contributed by atoms with E-state index < -0.39 is 30.0 Å². The lowest BCUT2D eigenvalue weighted by Gasteiger charge is -2.23. The zero-order valence-electron chi connectivity index (χ0n) is 18.6. The summed E-state index contributed by atoms with van der Waals surface area (Å²) < 4.78 is 70.4. The highest BCUT2D eigenvalue weighted by molar-refractivity contribution is 5.92. The van der Waals surface area contributed by atoms with Crippen LogP contribution in [0.25, 0.3) is 16.9 Å². The number of halogens is 5. The second-order valence-electron chi connectivity index (χ2n) is 8.05. The normalized spacial score (nSPS) is 13.6. The monoisotopic (exact) mass is 506 g/mol. The minimum absolute atomic E-state index is 0.0426. The summed E-state index contributed by atoms with van der Waals surface area (Å²) in [6.07, 6.45) is -5.13. The van der Waals surface area contributed by atoms with Gasteiger partial charge in [0, 0.05) is 0 Å². The molecular weight excluding hydrogens is 487 g/mol. The molecule has 2 heterocycles. The maximum Gasteiger partial charge on any atom is 0.433 e. The molecule has 4 aromatic rings. The van der Waals surface area contributed by atoms with Crippen LogP contribution in [0.3, 0.4) is 0 Å². The summed E-state index contributed by atoms with van der Waals surface area (Å²) >= 11 is 0. The van der Waals surface area contributed by atoms with E-state index >= 15 is 0 Å². The highest BCUT2D eigenvalue weighted by Crippen LogP contribution is 2.32. The molecule has 0 aliphatic carbocycles. The molecule has 2 aromatic heterocycles. The van der Waals surface area contributed by atoms with Gasteiger partial charge in [-0.1, -0.05) is 30.3 Å². The van der Waals surface area contributed by atoms with Gasteiger partial charge in [0.2, 0.25) is 11.9 Å². The molecule has 0 aliphatic rings. The Morgan fingerprint density at radius 3 is 2.31 bits per heavy atom. The molecule has 0 radical (unpaired) electrons. The van der Waals surface area contributed by atoms with Crippen molar-refractivity contribution in [3.8, 4) is 11.4 Å². The third kappa shape index (κ3) is 5.43. The zero-order valence-corrected chi connectivity index (χ0v) is 18.6. The molecule has 1 amide bonds. The van der Waals surface area contributed by atoms with Crippen LogP contribution in [0, 0.1) is 0 Å². The third-order valence-electron chi connectivity index (χ3n) is 5.27. The van der Waals surface area contributed by atoms with E-state index in [1.54, 1.807) is 30.3 Å². The second kappa shape index (κ2) is 9.53. The fourth-order valence-electron chi connectivity index (χ4n) is 3.60. The average Bonchev–Trinajstić information content (AvgIpc) is 3.15. The summed E-state index contributed by atoms with van der Waals surface area (Å²) in [5.74, 6) is -1.02. The number of fused-ring (bicyclic) bond motifs is 1. The summed E-state index contributed by atoms with van der Waals surface area (Å²) in [5.41, 5.74) is -2.24. The van der Waals surface area contributed by atoms with Crippen LogP contribution in [0.4, 0.5) is 27.9 Å². The van der Waals surface area contributed by atoms with Gasteiger partial charge in [0.1, 0.15) is 17.0 Å². The van der Waals surface area contributed by atoms with Gasteiger partial charge in [-0.05, 0) is 48.9 Å². The van der Waals surface area contributed by atoms with E-state index in [9.17, 15) is 31.9 Å². The van der Waals surface area contributed by atoms with Crippen LogP contribution >= 0.6 is 0 Å². The molecule has 2 aromatic carbocycles. The predicted octanol–water partition coefficient (Wildman–Crippen LogP) is 5.28. The van der Waals surface area contributed by atoms with Crippen molar-refractivity contribution in [2.45, 2.75) is 31.7 Å². The number of hydrogen-bond donors (Lipinski definition) is 2. The number of pyridine rings is 1. The maximum atomic E-state index is 13.3. The van der Waals surface area contributed by atoms with Crippen LogP contribution in [0.2, 0.25) is 0 Å². The molecule has 188 valence electrons. The van der Waals surface area contributed by atoms with Gasteiger partial charge in [-0.2, -0.15) is 22.0 Å². The number of carbonyl (C=O) groups excluding carboxylic acids is 1. The number of anilines is 1. The van der Waals surface area contributed by atoms with Crippen LogP contribution in [0.15, 0.2) is 66.7 Å². The molecule has 0 bridgehead atoms. The minimum Gasteiger partial charge on any atom is -0.435 e. The fourth-order valence-corrected chi connectivity index (χ4v) is 3.60. The summed E-state index contributed by atoms with van der Waals surface area (Å²) in [7, 11) is 0. The number of alkyl halides is 5. The van der Waals surface area contributed by atoms with E-state index in [4.69, 9.17) is 0 Å². The molecule has 2 N–H and O–H groups in total. The van der Waals surface area contributed by atoms with Crippen LogP contribution in [-0.4, -0.2) is 32.2 Å². The highest BCUT2D eigenvalue weighted by atomic mass is 19.4. The number of imidazole rings is 1. The Kier molecular flexibility index (Phi) is 6.63. The first-order valence-electron chi connectivity index (χ1n) is 10.5. The van der Waals surface area contributed by atoms with Crippen LogP contribution in [-0.2, 0) is 16.6 Å². The number of carbonyl (C=O) groups is 1. The quantitative estimate of drug-likeness (QED) is 0.333. The average molecular weight is 506 g/mol. The summed E-state index contributed by atoms with van der Waals surface area (Å²) in [6.45, 7) is -1.61. The van der Waals surface area contributed by atoms with E-state index in [-0.39, 0.29) is 35.0 Å². The lowest BCUT2D eigenvalue weighted by atomic mass is 9.92. The van der Waals surface area contributed by atoms with Gasteiger partial charge < -0.3 is 9.84 Å². The number of nitrogens with zero attached hydrogens (tertiary/aromatic N) is 3. The van der Waals surface area contributed by atoms with Gasteiger partial charge in [0.05, 0.1) is 17.7 Å². The molecule has 1 unspecified atom stereocenters. The minimum atomic E-state index is -4.74. The van der Waals surface area contributed by atoms with Crippen molar-refractivity contribution in [1.29, 1.82) is 0 Å².